The molecule has 0 saturated heterocycles. The summed E-state index contributed by atoms with van der Waals surface area (Å²) in [6.45, 7) is 0.264. The van der Waals surface area contributed by atoms with Gasteiger partial charge in [0, 0.05) is 23.9 Å². The van der Waals surface area contributed by atoms with Gasteiger partial charge in [-0.15, -0.1) is 0 Å². The third kappa shape index (κ3) is 3.68. The van der Waals surface area contributed by atoms with Crippen LogP contribution in [0, 0.1) is 5.82 Å². The molecule has 0 aliphatic rings. The van der Waals surface area contributed by atoms with Crippen molar-refractivity contribution >= 4 is 16.9 Å². The third-order valence-corrected chi connectivity index (χ3v) is 4.20. The van der Waals surface area contributed by atoms with Crippen molar-refractivity contribution in [2.45, 2.75) is 6.42 Å². The number of benzene rings is 2. The number of rotatable bonds is 5. The highest BCUT2D eigenvalue weighted by Gasteiger charge is 2.14. The number of amides is 1. The Morgan fingerprint density at radius 2 is 1.89 bits per heavy atom. The summed E-state index contributed by atoms with van der Waals surface area (Å²) in [5.41, 5.74) is 0.984. The molecule has 0 fully saturated rings. The molecular formula is C21H15FN2O4. The number of para-hydroxylation sites is 1. The molecule has 0 aliphatic carbocycles. The van der Waals surface area contributed by atoms with E-state index in [0.29, 0.717) is 34.5 Å². The maximum atomic E-state index is 13.0. The van der Waals surface area contributed by atoms with Gasteiger partial charge in [-0.25, -0.2) is 14.2 Å². The van der Waals surface area contributed by atoms with E-state index >= 15 is 0 Å². The van der Waals surface area contributed by atoms with E-state index in [1.165, 1.54) is 24.5 Å². The highest BCUT2D eigenvalue weighted by Crippen LogP contribution is 2.19. The van der Waals surface area contributed by atoms with Gasteiger partial charge >= 0.3 is 5.63 Å². The number of hydrogen-bond donors (Lipinski definition) is 1. The Balaban J connectivity index is 1.40. The summed E-state index contributed by atoms with van der Waals surface area (Å²) in [7, 11) is 0. The Kier molecular flexibility index (Phi) is 4.72. The van der Waals surface area contributed by atoms with E-state index in [-0.39, 0.29) is 17.9 Å². The van der Waals surface area contributed by atoms with Crippen molar-refractivity contribution < 1.29 is 18.0 Å². The summed E-state index contributed by atoms with van der Waals surface area (Å²) >= 11 is 0. The van der Waals surface area contributed by atoms with E-state index in [0.717, 1.165) is 0 Å². The molecule has 140 valence electrons. The van der Waals surface area contributed by atoms with Gasteiger partial charge in [0.15, 0.2) is 0 Å². The summed E-state index contributed by atoms with van der Waals surface area (Å²) in [4.78, 5) is 28.6. The van der Waals surface area contributed by atoms with Crippen molar-refractivity contribution in [3.05, 3.63) is 88.4 Å². The van der Waals surface area contributed by atoms with E-state index < -0.39 is 11.5 Å². The molecule has 0 atom stereocenters. The zero-order valence-corrected chi connectivity index (χ0v) is 14.6. The summed E-state index contributed by atoms with van der Waals surface area (Å²) in [6, 6.07) is 14.3. The van der Waals surface area contributed by atoms with Gasteiger partial charge < -0.3 is 14.2 Å². The molecule has 6 nitrogen and oxygen atoms in total. The number of aromatic nitrogens is 1. The van der Waals surface area contributed by atoms with Crippen LogP contribution in [-0.2, 0) is 6.42 Å². The van der Waals surface area contributed by atoms with Crippen molar-refractivity contribution in [1.29, 1.82) is 0 Å². The standard InChI is InChI=1S/C21H15FN2O4/c22-15-7-5-13(6-8-15)20-24-16(12-27-20)9-10-23-19(25)17-11-14-3-1-2-4-18(14)28-21(17)26/h1-8,11-12H,9-10H2,(H,23,25). The molecule has 28 heavy (non-hydrogen) atoms. The molecule has 0 saturated carbocycles. The lowest BCUT2D eigenvalue weighted by Crippen LogP contribution is -2.29. The fraction of sp³-hybridized carbons (Fsp3) is 0.0952. The van der Waals surface area contributed by atoms with Crippen LogP contribution in [0.1, 0.15) is 16.1 Å². The highest BCUT2D eigenvalue weighted by atomic mass is 19.1. The number of halogens is 1. The monoisotopic (exact) mass is 378 g/mol. The summed E-state index contributed by atoms with van der Waals surface area (Å²) < 4.78 is 23.5. The lowest BCUT2D eigenvalue weighted by atomic mass is 10.2. The molecular weight excluding hydrogens is 363 g/mol. The van der Waals surface area contributed by atoms with Crippen LogP contribution in [-0.4, -0.2) is 17.4 Å². The topological polar surface area (TPSA) is 85.3 Å². The first-order valence-electron chi connectivity index (χ1n) is 8.61. The zero-order chi connectivity index (χ0) is 19.5. The van der Waals surface area contributed by atoms with Crippen molar-refractivity contribution in [2.75, 3.05) is 6.54 Å². The number of oxazole rings is 1. The van der Waals surface area contributed by atoms with Crippen molar-refractivity contribution in [3.8, 4) is 11.5 Å². The number of carbonyl (C=O) groups is 1. The van der Waals surface area contributed by atoms with E-state index in [4.69, 9.17) is 8.83 Å². The number of nitrogens with zero attached hydrogens (tertiary/aromatic N) is 1. The van der Waals surface area contributed by atoms with Crippen LogP contribution in [0.25, 0.3) is 22.4 Å². The molecule has 2 aromatic carbocycles. The van der Waals surface area contributed by atoms with Gasteiger partial charge in [-0.05, 0) is 36.4 Å². The van der Waals surface area contributed by atoms with Crippen LogP contribution in [0.15, 0.2) is 74.5 Å². The average Bonchev–Trinajstić information content (AvgIpc) is 3.17. The first kappa shape index (κ1) is 17.7. The molecule has 4 rings (SSSR count). The van der Waals surface area contributed by atoms with Crippen molar-refractivity contribution in [2.24, 2.45) is 0 Å². The fourth-order valence-electron chi connectivity index (χ4n) is 2.77. The molecule has 0 bridgehead atoms. The molecule has 0 unspecified atom stereocenters. The molecule has 0 radical (unpaired) electrons. The number of carbonyl (C=O) groups excluding carboxylic acids is 1. The predicted molar refractivity (Wildman–Crippen MR) is 100 cm³/mol. The van der Waals surface area contributed by atoms with Gasteiger partial charge in [0.1, 0.15) is 23.2 Å². The van der Waals surface area contributed by atoms with Gasteiger partial charge in [-0.3, -0.25) is 4.79 Å². The maximum Gasteiger partial charge on any atom is 0.349 e. The normalized spacial score (nSPS) is 10.9. The van der Waals surface area contributed by atoms with Gasteiger partial charge in [-0.1, -0.05) is 18.2 Å². The largest absolute Gasteiger partial charge is 0.444 e. The van der Waals surface area contributed by atoms with Gasteiger partial charge in [0.2, 0.25) is 5.89 Å². The number of hydrogen-bond acceptors (Lipinski definition) is 5. The number of fused-ring (bicyclic) bond motifs is 1. The summed E-state index contributed by atoms with van der Waals surface area (Å²) in [5.74, 6) is -0.477. The highest BCUT2D eigenvalue weighted by molar-refractivity contribution is 5.96. The molecule has 0 aliphatic heterocycles. The van der Waals surface area contributed by atoms with Crippen LogP contribution in [0.2, 0.25) is 0 Å². The fourth-order valence-corrected chi connectivity index (χ4v) is 2.77. The smallest absolute Gasteiger partial charge is 0.349 e. The van der Waals surface area contributed by atoms with Crippen LogP contribution in [0.3, 0.4) is 0 Å². The maximum absolute atomic E-state index is 13.0. The van der Waals surface area contributed by atoms with Gasteiger partial charge in [-0.2, -0.15) is 0 Å². The molecule has 7 heteroatoms. The first-order chi connectivity index (χ1) is 13.6. The van der Waals surface area contributed by atoms with E-state index in [1.807, 2.05) is 0 Å². The minimum Gasteiger partial charge on any atom is -0.444 e. The number of nitrogens with one attached hydrogen (secondary N) is 1. The Morgan fingerprint density at radius 1 is 1.11 bits per heavy atom. The van der Waals surface area contributed by atoms with Crippen LogP contribution < -0.4 is 10.9 Å². The second kappa shape index (κ2) is 7.48. The van der Waals surface area contributed by atoms with Crippen molar-refractivity contribution in [3.63, 3.8) is 0 Å². The second-order valence-corrected chi connectivity index (χ2v) is 6.14. The van der Waals surface area contributed by atoms with Gasteiger partial charge in [0.05, 0.1) is 5.69 Å². The predicted octanol–water partition coefficient (Wildman–Crippen LogP) is 3.56. The molecule has 1 amide bonds. The summed E-state index contributed by atoms with van der Waals surface area (Å²) in [6.07, 6.45) is 1.89. The molecule has 2 heterocycles. The van der Waals surface area contributed by atoms with Crippen LogP contribution in [0.4, 0.5) is 4.39 Å². The lowest BCUT2D eigenvalue weighted by molar-refractivity contribution is 0.0950. The van der Waals surface area contributed by atoms with Crippen molar-refractivity contribution in [1.82, 2.24) is 10.3 Å². The Morgan fingerprint density at radius 3 is 2.71 bits per heavy atom. The van der Waals surface area contributed by atoms with E-state index in [9.17, 15) is 14.0 Å². The third-order valence-electron chi connectivity index (χ3n) is 4.20. The SMILES string of the molecule is O=C(NCCc1coc(-c2ccc(F)cc2)n1)c1cc2ccccc2oc1=O. The molecule has 2 aromatic heterocycles. The average molecular weight is 378 g/mol. The minimum atomic E-state index is -0.684. The Bertz CT molecular complexity index is 1190. The van der Waals surface area contributed by atoms with E-state index in [1.54, 1.807) is 36.4 Å². The van der Waals surface area contributed by atoms with Crippen LogP contribution in [0.5, 0.6) is 0 Å². The second-order valence-electron chi connectivity index (χ2n) is 6.14. The molecule has 0 spiro atoms. The van der Waals surface area contributed by atoms with E-state index in [2.05, 4.69) is 10.3 Å². The lowest BCUT2D eigenvalue weighted by Gasteiger charge is -2.04. The quantitative estimate of drug-likeness (QED) is 0.537. The molecule has 4 aromatic rings. The Hall–Kier alpha value is -3.74. The zero-order valence-electron chi connectivity index (χ0n) is 14.6. The van der Waals surface area contributed by atoms with Crippen LogP contribution >= 0.6 is 0 Å². The summed E-state index contributed by atoms with van der Waals surface area (Å²) in [5, 5.41) is 3.35. The molecule has 1 N–H and O–H groups in total. The Labute approximate surface area is 158 Å². The van der Waals surface area contributed by atoms with Gasteiger partial charge in [0.25, 0.3) is 5.91 Å². The minimum absolute atomic E-state index is 0.0501. The first-order valence-corrected chi connectivity index (χ1v) is 8.61.